The Balaban J connectivity index is 1.90. The molecule has 2 aromatic carbocycles. The highest BCUT2D eigenvalue weighted by Crippen LogP contribution is 2.26. The second-order valence-electron chi connectivity index (χ2n) is 4.84. The van der Waals surface area contributed by atoms with Crippen LogP contribution in [0.4, 0.5) is 14.5 Å². The predicted molar refractivity (Wildman–Crippen MR) is 81.0 cm³/mol. The summed E-state index contributed by atoms with van der Waals surface area (Å²) in [6.45, 7) is 0. The summed E-state index contributed by atoms with van der Waals surface area (Å²) in [6.07, 6.45) is 1.18. The van der Waals surface area contributed by atoms with Crippen molar-refractivity contribution in [2.45, 2.75) is 0 Å². The molecule has 1 amide bonds. The third-order valence-electron chi connectivity index (χ3n) is 3.25. The lowest BCUT2D eigenvalue weighted by Crippen LogP contribution is -2.12. The Morgan fingerprint density at radius 1 is 1.17 bits per heavy atom. The van der Waals surface area contributed by atoms with Crippen molar-refractivity contribution in [1.29, 1.82) is 5.26 Å². The van der Waals surface area contributed by atoms with Gasteiger partial charge >= 0.3 is 0 Å². The van der Waals surface area contributed by atoms with E-state index in [0.717, 1.165) is 12.1 Å². The normalized spacial score (nSPS) is 10.2. The van der Waals surface area contributed by atoms with Crippen LogP contribution in [0.1, 0.15) is 15.9 Å². The van der Waals surface area contributed by atoms with Crippen LogP contribution in [0.3, 0.4) is 0 Å². The van der Waals surface area contributed by atoms with E-state index in [1.165, 1.54) is 18.3 Å². The van der Waals surface area contributed by atoms with Gasteiger partial charge in [0.15, 0.2) is 17.4 Å². The Hall–Kier alpha value is -3.53. The second kappa shape index (κ2) is 6.30. The molecule has 0 atom stereocenters. The molecule has 3 aromatic rings. The van der Waals surface area contributed by atoms with Crippen molar-refractivity contribution >= 4 is 11.6 Å². The first kappa shape index (κ1) is 15.4. The number of halogens is 2. The zero-order chi connectivity index (χ0) is 17.1. The monoisotopic (exact) mass is 325 g/mol. The van der Waals surface area contributed by atoms with Gasteiger partial charge in [-0.2, -0.15) is 5.26 Å². The zero-order valence-corrected chi connectivity index (χ0v) is 12.1. The van der Waals surface area contributed by atoms with Gasteiger partial charge in [-0.15, -0.1) is 0 Å². The van der Waals surface area contributed by atoms with Crippen LogP contribution in [0.25, 0.3) is 11.3 Å². The molecule has 1 heterocycles. The van der Waals surface area contributed by atoms with E-state index in [1.54, 1.807) is 18.2 Å². The van der Waals surface area contributed by atoms with Crippen LogP contribution in [-0.2, 0) is 0 Å². The number of carbonyl (C=O) groups is 1. The molecule has 0 unspecified atom stereocenters. The minimum atomic E-state index is -1.06. The Kier molecular flexibility index (Phi) is 4.03. The molecular formula is C17H9F2N3O2. The maximum absolute atomic E-state index is 13.4. The predicted octanol–water partition coefficient (Wildman–Crippen LogP) is 3.74. The fourth-order valence-electron chi connectivity index (χ4n) is 2.11. The molecule has 0 aliphatic carbocycles. The van der Waals surface area contributed by atoms with E-state index in [-0.39, 0.29) is 16.9 Å². The van der Waals surface area contributed by atoms with Gasteiger partial charge in [0.2, 0.25) is 0 Å². The summed E-state index contributed by atoms with van der Waals surface area (Å²) < 4.78 is 31.4. The fraction of sp³-hybridized carbons (Fsp3) is 0. The number of nitriles is 1. The van der Waals surface area contributed by atoms with Gasteiger partial charge in [-0.25, -0.2) is 8.78 Å². The molecule has 1 aromatic heterocycles. The largest absolute Gasteiger partial charge is 0.355 e. The van der Waals surface area contributed by atoms with Crippen molar-refractivity contribution in [3.8, 4) is 17.4 Å². The summed E-state index contributed by atoms with van der Waals surface area (Å²) in [4.78, 5) is 12.4. The summed E-state index contributed by atoms with van der Waals surface area (Å²) in [6, 6.07) is 11.4. The Morgan fingerprint density at radius 3 is 2.75 bits per heavy atom. The highest BCUT2D eigenvalue weighted by atomic mass is 19.2. The fourth-order valence-corrected chi connectivity index (χ4v) is 2.11. The summed E-state index contributed by atoms with van der Waals surface area (Å²) in [5.74, 6) is -2.59. The van der Waals surface area contributed by atoms with Gasteiger partial charge < -0.3 is 9.84 Å². The van der Waals surface area contributed by atoms with E-state index in [2.05, 4.69) is 10.5 Å². The molecule has 1 N–H and O–H groups in total. The van der Waals surface area contributed by atoms with Crippen molar-refractivity contribution < 1.29 is 18.1 Å². The average molecular weight is 325 g/mol. The number of hydrogen-bond donors (Lipinski definition) is 1. The SMILES string of the molecule is N#Cc1cccc(NC(=O)c2cnoc2-c2ccc(F)c(F)c2)c1. The van der Waals surface area contributed by atoms with Crippen LogP contribution in [0.5, 0.6) is 0 Å². The van der Waals surface area contributed by atoms with Crippen molar-refractivity contribution in [2.24, 2.45) is 0 Å². The molecule has 0 fully saturated rings. The van der Waals surface area contributed by atoms with Crippen LogP contribution in [0.2, 0.25) is 0 Å². The maximum atomic E-state index is 13.4. The van der Waals surface area contributed by atoms with Crippen molar-refractivity contribution in [2.75, 3.05) is 5.32 Å². The number of benzene rings is 2. The lowest BCUT2D eigenvalue weighted by Gasteiger charge is -2.05. The van der Waals surface area contributed by atoms with Crippen molar-refractivity contribution in [3.63, 3.8) is 0 Å². The first-order valence-corrected chi connectivity index (χ1v) is 6.80. The number of nitrogens with zero attached hydrogens (tertiary/aromatic N) is 2. The van der Waals surface area contributed by atoms with Gasteiger partial charge in [-0.1, -0.05) is 11.2 Å². The highest BCUT2D eigenvalue weighted by molar-refractivity contribution is 6.07. The molecule has 7 heteroatoms. The first-order valence-electron chi connectivity index (χ1n) is 6.80. The average Bonchev–Trinajstić information content (AvgIpc) is 3.07. The van der Waals surface area contributed by atoms with Crippen LogP contribution in [-0.4, -0.2) is 11.1 Å². The molecule has 24 heavy (non-hydrogen) atoms. The maximum Gasteiger partial charge on any atom is 0.261 e. The van der Waals surface area contributed by atoms with Gasteiger partial charge in [0.25, 0.3) is 5.91 Å². The molecular weight excluding hydrogens is 316 g/mol. The van der Waals surface area contributed by atoms with Crippen molar-refractivity contribution in [1.82, 2.24) is 5.16 Å². The molecule has 0 bridgehead atoms. The highest BCUT2D eigenvalue weighted by Gasteiger charge is 2.19. The number of hydrogen-bond acceptors (Lipinski definition) is 4. The number of rotatable bonds is 3. The van der Waals surface area contributed by atoms with Crippen LogP contribution >= 0.6 is 0 Å². The molecule has 5 nitrogen and oxygen atoms in total. The van der Waals surface area contributed by atoms with E-state index < -0.39 is 17.5 Å². The van der Waals surface area contributed by atoms with E-state index in [9.17, 15) is 13.6 Å². The number of amides is 1. The van der Waals surface area contributed by atoms with Gasteiger partial charge in [0, 0.05) is 11.3 Å². The van der Waals surface area contributed by atoms with Gasteiger partial charge in [0.05, 0.1) is 17.8 Å². The van der Waals surface area contributed by atoms with Crippen LogP contribution < -0.4 is 5.32 Å². The Labute approximate surface area is 135 Å². The van der Waals surface area contributed by atoms with E-state index in [0.29, 0.717) is 11.3 Å². The summed E-state index contributed by atoms with van der Waals surface area (Å²) in [5.41, 5.74) is 1.04. The zero-order valence-electron chi connectivity index (χ0n) is 12.1. The molecule has 0 aliphatic heterocycles. The minimum Gasteiger partial charge on any atom is -0.355 e. The van der Waals surface area contributed by atoms with Gasteiger partial charge in [0.1, 0.15) is 5.56 Å². The van der Waals surface area contributed by atoms with Crippen LogP contribution in [0, 0.1) is 23.0 Å². The third-order valence-corrected chi connectivity index (χ3v) is 3.25. The molecule has 0 saturated carbocycles. The first-order chi connectivity index (χ1) is 11.6. The number of carbonyl (C=O) groups excluding carboxylic acids is 1. The molecule has 0 saturated heterocycles. The molecule has 118 valence electrons. The number of nitrogens with one attached hydrogen (secondary N) is 1. The van der Waals surface area contributed by atoms with Gasteiger partial charge in [-0.3, -0.25) is 4.79 Å². The lowest BCUT2D eigenvalue weighted by atomic mass is 10.1. The number of aromatic nitrogens is 1. The molecule has 0 spiro atoms. The van der Waals surface area contributed by atoms with E-state index in [1.807, 2.05) is 6.07 Å². The molecule has 3 rings (SSSR count). The van der Waals surface area contributed by atoms with Crippen molar-refractivity contribution in [3.05, 3.63) is 71.4 Å². The van der Waals surface area contributed by atoms with E-state index >= 15 is 0 Å². The number of anilines is 1. The quantitative estimate of drug-likeness (QED) is 0.795. The van der Waals surface area contributed by atoms with Crippen LogP contribution in [0.15, 0.2) is 53.2 Å². The topological polar surface area (TPSA) is 78.9 Å². The Morgan fingerprint density at radius 2 is 2.00 bits per heavy atom. The third kappa shape index (κ3) is 2.98. The van der Waals surface area contributed by atoms with E-state index in [4.69, 9.17) is 9.78 Å². The summed E-state index contributed by atoms with van der Waals surface area (Å²) >= 11 is 0. The molecule has 0 radical (unpaired) electrons. The molecule has 0 aliphatic rings. The summed E-state index contributed by atoms with van der Waals surface area (Å²) in [5, 5.41) is 15.0. The lowest BCUT2D eigenvalue weighted by molar-refractivity contribution is 0.102. The minimum absolute atomic E-state index is 0.0165. The summed E-state index contributed by atoms with van der Waals surface area (Å²) in [7, 11) is 0. The smallest absolute Gasteiger partial charge is 0.261 e. The van der Waals surface area contributed by atoms with Gasteiger partial charge in [-0.05, 0) is 36.4 Å². The second-order valence-corrected chi connectivity index (χ2v) is 4.84. The standard InChI is InChI=1S/C17H9F2N3O2/c18-14-5-4-11(7-15(14)19)16-13(9-21-24-16)17(23)22-12-3-1-2-10(6-12)8-20/h1-7,9H,(H,22,23). The Bertz CT molecular complexity index is 960.